The van der Waals surface area contributed by atoms with Gasteiger partial charge < -0.3 is 10.5 Å². The van der Waals surface area contributed by atoms with Crippen LogP contribution >= 0.6 is 0 Å². The number of fused-ring (bicyclic) bond motifs is 1. The molecular formula is C13H25N3O. The SMILES string of the molecule is N=C(N)CCCCN1CCOC2CCCCC21. The molecule has 0 aromatic carbocycles. The molecule has 2 aliphatic rings. The molecular weight excluding hydrogens is 214 g/mol. The first-order chi connectivity index (χ1) is 8.27. The number of amidine groups is 1. The van der Waals surface area contributed by atoms with Gasteiger partial charge in [0.1, 0.15) is 0 Å². The van der Waals surface area contributed by atoms with Crippen LogP contribution < -0.4 is 5.73 Å². The van der Waals surface area contributed by atoms with Crippen LogP contribution in [0.1, 0.15) is 44.9 Å². The lowest BCUT2D eigenvalue weighted by Gasteiger charge is -2.43. The molecule has 0 aromatic heterocycles. The van der Waals surface area contributed by atoms with Gasteiger partial charge in [0.15, 0.2) is 0 Å². The van der Waals surface area contributed by atoms with Gasteiger partial charge in [0.05, 0.1) is 18.5 Å². The Balaban J connectivity index is 1.73. The van der Waals surface area contributed by atoms with Crippen molar-refractivity contribution >= 4 is 5.84 Å². The highest BCUT2D eigenvalue weighted by Gasteiger charge is 2.33. The van der Waals surface area contributed by atoms with Crippen LogP contribution in [0, 0.1) is 5.41 Å². The van der Waals surface area contributed by atoms with Crippen LogP contribution in [0.25, 0.3) is 0 Å². The lowest BCUT2D eigenvalue weighted by molar-refractivity contribution is -0.0882. The van der Waals surface area contributed by atoms with E-state index in [0.29, 0.717) is 18.0 Å². The molecule has 1 saturated carbocycles. The van der Waals surface area contributed by atoms with Gasteiger partial charge in [0.25, 0.3) is 0 Å². The highest BCUT2D eigenvalue weighted by atomic mass is 16.5. The highest BCUT2D eigenvalue weighted by Crippen LogP contribution is 2.28. The summed E-state index contributed by atoms with van der Waals surface area (Å²) in [6.07, 6.45) is 8.68. The lowest BCUT2D eigenvalue weighted by atomic mass is 9.90. The number of nitrogens with one attached hydrogen (secondary N) is 1. The van der Waals surface area contributed by atoms with E-state index in [-0.39, 0.29) is 0 Å². The summed E-state index contributed by atoms with van der Waals surface area (Å²) < 4.78 is 5.86. The fraction of sp³-hybridized carbons (Fsp3) is 0.923. The predicted molar refractivity (Wildman–Crippen MR) is 69.3 cm³/mol. The van der Waals surface area contributed by atoms with Gasteiger partial charge in [-0.25, -0.2) is 0 Å². The van der Waals surface area contributed by atoms with Crippen molar-refractivity contribution in [2.75, 3.05) is 19.7 Å². The summed E-state index contributed by atoms with van der Waals surface area (Å²) in [5.74, 6) is 0.322. The molecule has 1 aliphatic carbocycles. The van der Waals surface area contributed by atoms with E-state index in [1.165, 1.54) is 25.7 Å². The second kappa shape index (κ2) is 6.36. The Morgan fingerprint density at radius 3 is 2.94 bits per heavy atom. The fourth-order valence-corrected chi connectivity index (χ4v) is 3.08. The van der Waals surface area contributed by atoms with E-state index in [4.69, 9.17) is 15.9 Å². The molecule has 2 rings (SSSR count). The monoisotopic (exact) mass is 239 g/mol. The Morgan fingerprint density at radius 2 is 2.12 bits per heavy atom. The first-order valence-corrected chi connectivity index (χ1v) is 6.96. The first-order valence-electron chi connectivity index (χ1n) is 6.96. The summed E-state index contributed by atoms with van der Waals surface area (Å²) in [4.78, 5) is 2.60. The van der Waals surface area contributed by atoms with Gasteiger partial charge in [-0.1, -0.05) is 12.8 Å². The molecule has 0 radical (unpaired) electrons. The third-order valence-electron chi connectivity index (χ3n) is 3.99. The zero-order valence-corrected chi connectivity index (χ0v) is 10.7. The van der Waals surface area contributed by atoms with Crippen molar-refractivity contribution in [3.8, 4) is 0 Å². The smallest absolute Gasteiger partial charge is 0.0905 e. The summed E-state index contributed by atoms with van der Waals surface area (Å²) in [5.41, 5.74) is 5.37. The Bertz CT molecular complexity index is 255. The van der Waals surface area contributed by atoms with E-state index in [2.05, 4.69) is 4.90 Å². The van der Waals surface area contributed by atoms with Gasteiger partial charge >= 0.3 is 0 Å². The molecule has 0 spiro atoms. The molecule has 2 fully saturated rings. The average Bonchev–Trinajstić information content (AvgIpc) is 2.34. The predicted octanol–water partition coefficient (Wildman–Crippen LogP) is 1.74. The molecule has 98 valence electrons. The quantitative estimate of drug-likeness (QED) is 0.436. The van der Waals surface area contributed by atoms with Gasteiger partial charge in [-0.3, -0.25) is 10.3 Å². The van der Waals surface area contributed by atoms with E-state index in [0.717, 1.165) is 39.0 Å². The van der Waals surface area contributed by atoms with E-state index < -0.39 is 0 Å². The van der Waals surface area contributed by atoms with Gasteiger partial charge in [0.2, 0.25) is 0 Å². The van der Waals surface area contributed by atoms with E-state index >= 15 is 0 Å². The number of nitrogens with zero attached hydrogens (tertiary/aromatic N) is 1. The van der Waals surface area contributed by atoms with Crippen molar-refractivity contribution in [1.29, 1.82) is 5.41 Å². The topological polar surface area (TPSA) is 62.3 Å². The second-order valence-electron chi connectivity index (χ2n) is 5.28. The van der Waals surface area contributed by atoms with Crippen LogP contribution in [0.3, 0.4) is 0 Å². The zero-order chi connectivity index (χ0) is 12.1. The van der Waals surface area contributed by atoms with Gasteiger partial charge in [-0.2, -0.15) is 0 Å². The van der Waals surface area contributed by atoms with Crippen LogP contribution in [0.5, 0.6) is 0 Å². The Morgan fingerprint density at radius 1 is 1.29 bits per heavy atom. The number of rotatable bonds is 5. The van der Waals surface area contributed by atoms with Crippen molar-refractivity contribution in [2.45, 2.75) is 57.1 Å². The number of hydrogen-bond acceptors (Lipinski definition) is 3. The van der Waals surface area contributed by atoms with Crippen LogP contribution in [-0.2, 0) is 4.74 Å². The number of nitrogens with two attached hydrogens (primary N) is 1. The number of ether oxygens (including phenoxy) is 1. The van der Waals surface area contributed by atoms with Crippen molar-refractivity contribution in [3.05, 3.63) is 0 Å². The van der Waals surface area contributed by atoms with Gasteiger partial charge in [-0.05, 0) is 32.2 Å². The summed E-state index contributed by atoms with van der Waals surface area (Å²) in [6.45, 7) is 3.13. The molecule has 1 aliphatic heterocycles. The van der Waals surface area contributed by atoms with Crippen LogP contribution in [0.15, 0.2) is 0 Å². The molecule has 17 heavy (non-hydrogen) atoms. The summed E-state index contributed by atoms with van der Waals surface area (Å²) in [6, 6.07) is 0.662. The summed E-state index contributed by atoms with van der Waals surface area (Å²) in [5, 5.41) is 7.21. The minimum absolute atomic E-state index is 0.322. The molecule has 4 nitrogen and oxygen atoms in total. The number of unbranched alkanes of at least 4 members (excludes halogenated alkanes) is 1. The molecule has 0 amide bonds. The molecule has 2 unspecified atom stereocenters. The average molecular weight is 239 g/mol. The van der Waals surface area contributed by atoms with Gasteiger partial charge in [0, 0.05) is 19.0 Å². The van der Waals surface area contributed by atoms with Crippen molar-refractivity contribution < 1.29 is 4.74 Å². The summed E-state index contributed by atoms with van der Waals surface area (Å²) in [7, 11) is 0. The Hall–Kier alpha value is -0.610. The minimum Gasteiger partial charge on any atom is -0.388 e. The molecule has 0 aromatic rings. The minimum atomic E-state index is 0.322. The van der Waals surface area contributed by atoms with Crippen LogP contribution in [0.2, 0.25) is 0 Å². The maximum atomic E-state index is 7.21. The Labute approximate surface area is 104 Å². The maximum absolute atomic E-state index is 7.21. The summed E-state index contributed by atoms with van der Waals surface area (Å²) >= 11 is 0. The molecule has 1 saturated heterocycles. The second-order valence-corrected chi connectivity index (χ2v) is 5.28. The zero-order valence-electron chi connectivity index (χ0n) is 10.7. The van der Waals surface area contributed by atoms with E-state index in [9.17, 15) is 0 Å². The molecule has 0 bridgehead atoms. The van der Waals surface area contributed by atoms with Gasteiger partial charge in [-0.15, -0.1) is 0 Å². The highest BCUT2D eigenvalue weighted by molar-refractivity contribution is 5.76. The van der Waals surface area contributed by atoms with E-state index in [1.807, 2.05) is 0 Å². The van der Waals surface area contributed by atoms with Crippen LogP contribution in [0.4, 0.5) is 0 Å². The molecule has 1 heterocycles. The van der Waals surface area contributed by atoms with Crippen LogP contribution in [-0.4, -0.2) is 42.6 Å². The van der Waals surface area contributed by atoms with Crippen molar-refractivity contribution in [1.82, 2.24) is 4.90 Å². The molecule has 3 N–H and O–H groups in total. The normalized spacial score (nSPS) is 29.9. The Kier molecular flexibility index (Phi) is 4.80. The fourth-order valence-electron chi connectivity index (χ4n) is 3.08. The lowest BCUT2D eigenvalue weighted by Crippen LogP contribution is -2.52. The third kappa shape index (κ3) is 3.68. The van der Waals surface area contributed by atoms with Crippen molar-refractivity contribution in [2.24, 2.45) is 5.73 Å². The molecule has 2 atom stereocenters. The molecule has 4 heteroatoms. The third-order valence-corrected chi connectivity index (χ3v) is 3.99. The van der Waals surface area contributed by atoms with E-state index in [1.54, 1.807) is 0 Å². The number of hydrogen-bond donors (Lipinski definition) is 2. The first kappa shape index (κ1) is 12.8. The van der Waals surface area contributed by atoms with Crippen molar-refractivity contribution in [3.63, 3.8) is 0 Å². The largest absolute Gasteiger partial charge is 0.388 e. The number of morpholine rings is 1. The standard InChI is InChI=1S/C13H25N3O/c14-13(15)7-3-4-8-16-9-10-17-12-6-2-1-5-11(12)16/h11-12H,1-10H2,(H3,14,15). The maximum Gasteiger partial charge on any atom is 0.0905 e.